The second-order valence-corrected chi connectivity index (χ2v) is 7.20. The Labute approximate surface area is 172 Å². The Morgan fingerprint density at radius 1 is 1.07 bits per heavy atom. The van der Waals surface area contributed by atoms with Gasteiger partial charge in [-0.15, -0.1) is 0 Å². The molecule has 2 aromatic carbocycles. The Hall–Kier alpha value is -3.20. The number of amidine groups is 1. The summed E-state index contributed by atoms with van der Waals surface area (Å²) in [5, 5.41) is 5.35. The highest BCUT2D eigenvalue weighted by molar-refractivity contribution is 8.15. The normalized spacial score (nSPS) is 17.0. The lowest BCUT2D eigenvalue weighted by Crippen LogP contribution is -2.28. The summed E-state index contributed by atoms with van der Waals surface area (Å²) in [4.78, 5) is 29.1. The van der Waals surface area contributed by atoms with E-state index in [0.717, 1.165) is 0 Å². The van der Waals surface area contributed by atoms with E-state index in [0.29, 0.717) is 33.8 Å². The van der Waals surface area contributed by atoms with Gasteiger partial charge in [0.15, 0.2) is 16.7 Å². The first-order valence-electron chi connectivity index (χ1n) is 8.75. The molecule has 1 aliphatic heterocycles. The van der Waals surface area contributed by atoms with Gasteiger partial charge in [0.1, 0.15) is 16.7 Å². The molecule has 1 saturated heterocycles. The van der Waals surface area contributed by atoms with Crippen LogP contribution in [0.1, 0.15) is 6.42 Å². The number of aliphatic imine (C=N–C) groups is 1. The molecule has 0 aromatic heterocycles. The molecule has 2 amide bonds. The predicted molar refractivity (Wildman–Crippen MR) is 112 cm³/mol. The highest BCUT2D eigenvalue weighted by Crippen LogP contribution is 2.32. The summed E-state index contributed by atoms with van der Waals surface area (Å²) in [6.45, 7) is 0. The van der Waals surface area contributed by atoms with Crippen LogP contribution in [0.3, 0.4) is 0 Å². The molecule has 0 aliphatic carbocycles. The van der Waals surface area contributed by atoms with Crippen molar-refractivity contribution >= 4 is 40.1 Å². The van der Waals surface area contributed by atoms with Crippen LogP contribution in [-0.2, 0) is 9.59 Å². The van der Waals surface area contributed by atoms with Crippen LogP contribution >= 0.6 is 11.8 Å². The zero-order chi connectivity index (χ0) is 20.8. The topological polar surface area (TPSA) is 98.2 Å². The number of methoxy groups -OCH3 is 3. The lowest BCUT2D eigenvalue weighted by atomic mass is 10.2. The first-order valence-corrected chi connectivity index (χ1v) is 9.63. The van der Waals surface area contributed by atoms with E-state index >= 15 is 0 Å². The number of carbonyl (C=O) groups excluding carboxylic acids is 2. The number of nitrogens with one attached hydrogen (secondary N) is 2. The minimum absolute atomic E-state index is 0.00971. The van der Waals surface area contributed by atoms with Crippen LogP contribution in [0, 0.1) is 0 Å². The molecule has 1 heterocycles. The number of anilines is 1. The Balaban J connectivity index is 1.64. The lowest BCUT2D eigenvalue weighted by Gasteiger charge is -2.11. The van der Waals surface area contributed by atoms with Crippen molar-refractivity contribution in [1.29, 1.82) is 0 Å². The fourth-order valence-corrected chi connectivity index (χ4v) is 3.70. The van der Waals surface area contributed by atoms with Crippen molar-refractivity contribution in [3.8, 4) is 17.2 Å². The first kappa shape index (κ1) is 20.5. The number of amides is 2. The van der Waals surface area contributed by atoms with Gasteiger partial charge in [-0.05, 0) is 24.3 Å². The lowest BCUT2D eigenvalue weighted by molar-refractivity contribution is -0.122. The molecule has 8 nitrogen and oxygen atoms in total. The van der Waals surface area contributed by atoms with E-state index < -0.39 is 5.25 Å². The molecule has 0 unspecified atom stereocenters. The van der Waals surface area contributed by atoms with Crippen molar-refractivity contribution in [2.45, 2.75) is 11.7 Å². The van der Waals surface area contributed by atoms with Crippen molar-refractivity contribution < 1.29 is 23.8 Å². The second-order valence-electron chi connectivity index (χ2n) is 6.01. The third-order valence-electron chi connectivity index (χ3n) is 4.12. The van der Waals surface area contributed by atoms with E-state index in [9.17, 15) is 9.59 Å². The van der Waals surface area contributed by atoms with Crippen LogP contribution in [0.2, 0.25) is 0 Å². The number of nitrogens with zero attached hydrogens (tertiary/aromatic N) is 1. The third kappa shape index (κ3) is 5.00. The molecule has 1 aliphatic rings. The maximum Gasteiger partial charge on any atom is 0.240 e. The minimum atomic E-state index is -0.566. The van der Waals surface area contributed by atoms with E-state index in [1.165, 1.54) is 26.0 Å². The maximum atomic E-state index is 12.4. The Kier molecular flexibility index (Phi) is 6.61. The Morgan fingerprint density at radius 2 is 1.79 bits per heavy atom. The summed E-state index contributed by atoms with van der Waals surface area (Å²) in [7, 11) is 4.61. The molecule has 1 fully saturated rings. The first-order chi connectivity index (χ1) is 14.0. The van der Waals surface area contributed by atoms with Crippen LogP contribution in [0.5, 0.6) is 17.2 Å². The van der Waals surface area contributed by atoms with Gasteiger partial charge in [0.25, 0.3) is 0 Å². The molecule has 0 saturated carbocycles. The zero-order valence-electron chi connectivity index (χ0n) is 16.2. The summed E-state index contributed by atoms with van der Waals surface area (Å²) in [6, 6.07) is 12.3. The molecule has 1 atom stereocenters. The molecule has 152 valence electrons. The molecule has 2 N–H and O–H groups in total. The van der Waals surface area contributed by atoms with Gasteiger partial charge < -0.3 is 24.8 Å². The van der Waals surface area contributed by atoms with Crippen molar-refractivity contribution in [3.63, 3.8) is 0 Å². The fraction of sp³-hybridized carbons (Fsp3) is 0.250. The highest BCUT2D eigenvalue weighted by Gasteiger charge is 2.32. The summed E-state index contributed by atoms with van der Waals surface area (Å²) < 4.78 is 15.7. The molecule has 0 spiro atoms. The predicted octanol–water partition coefficient (Wildman–Crippen LogP) is 2.96. The smallest absolute Gasteiger partial charge is 0.240 e. The summed E-state index contributed by atoms with van der Waals surface area (Å²) in [5.41, 5.74) is 1.16. The van der Waals surface area contributed by atoms with Crippen LogP contribution in [0.15, 0.2) is 47.5 Å². The molecule has 3 rings (SSSR count). The monoisotopic (exact) mass is 415 g/mol. The van der Waals surface area contributed by atoms with Gasteiger partial charge in [0, 0.05) is 18.2 Å². The number of thioether (sulfide) groups is 1. The van der Waals surface area contributed by atoms with Gasteiger partial charge in [-0.3, -0.25) is 9.59 Å². The molecule has 0 radical (unpaired) electrons. The van der Waals surface area contributed by atoms with Crippen LogP contribution in [-0.4, -0.2) is 43.6 Å². The highest BCUT2D eigenvalue weighted by atomic mass is 32.2. The number of rotatable bonds is 7. The quantitative estimate of drug-likeness (QED) is 0.722. The average Bonchev–Trinajstić information content (AvgIpc) is 3.06. The maximum absolute atomic E-state index is 12.4. The van der Waals surface area contributed by atoms with Gasteiger partial charge in [-0.2, -0.15) is 0 Å². The second kappa shape index (κ2) is 9.33. The third-order valence-corrected chi connectivity index (χ3v) is 5.20. The Bertz CT molecular complexity index is 947. The molecule has 0 bridgehead atoms. The van der Waals surface area contributed by atoms with Crippen molar-refractivity contribution in [2.24, 2.45) is 4.99 Å². The molecule has 29 heavy (non-hydrogen) atoms. The minimum Gasteiger partial charge on any atom is -0.494 e. The van der Waals surface area contributed by atoms with E-state index in [-0.39, 0.29) is 18.2 Å². The standard InChI is InChI=1S/C20H21N3O5S/c1-26-14-7-5-4-6-13(14)22-20-23-19(25)17(29-20)11-18(24)21-12-8-9-15(27-2)16(10-12)28-3/h4-10,17H,11H2,1-3H3,(H,21,24)(H,22,23,25)/t17-/m1/s1. The van der Waals surface area contributed by atoms with Crippen molar-refractivity contribution in [1.82, 2.24) is 5.32 Å². The van der Waals surface area contributed by atoms with Gasteiger partial charge in [-0.1, -0.05) is 23.9 Å². The summed E-state index contributed by atoms with van der Waals surface area (Å²) >= 11 is 1.21. The SMILES string of the molecule is COc1ccccc1N=C1NC(=O)[C@@H](CC(=O)Nc2ccc(OC)c(OC)c2)S1. The molecule has 2 aromatic rings. The van der Waals surface area contributed by atoms with E-state index in [4.69, 9.17) is 14.2 Å². The van der Waals surface area contributed by atoms with Gasteiger partial charge >= 0.3 is 0 Å². The molecular weight excluding hydrogens is 394 g/mol. The van der Waals surface area contributed by atoms with Crippen LogP contribution < -0.4 is 24.8 Å². The number of benzene rings is 2. The molecule has 9 heteroatoms. The van der Waals surface area contributed by atoms with Gasteiger partial charge in [0.2, 0.25) is 11.8 Å². The number of hydrogen-bond donors (Lipinski definition) is 2. The number of carbonyl (C=O) groups is 2. The number of hydrogen-bond acceptors (Lipinski definition) is 7. The molecular formula is C20H21N3O5S. The van der Waals surface area contributed by atoms with E-state index in [1.54, 1.807) is 37.4 Å². The van der Waals surface area contributed by atoms with Crippen LogP contribution in [0.25, 0.3) is 0 Å². The summed E-state index contributed by atoms with van der Waals surface area (Å²) in [6.07, 6.45) is 0.00971. The number of ether oxygens (including phenoxy) is 3. The van der Waals surface area contributed by atoms with Crippen molar-refractivity contribution in [3.05, 3.63) is 42.5 Å². The largest absolute Gasteiger partial charge is 0.494 e. The van der Waals surface area contributed by atoms with Gasteiger partial charge in [-0.25, -0.2) is 4.99 Å². The van der Waals surface area contributed by atoms with Crippen LogP contribution in [0.4, 0.5) is 11.4 Å². The Morgan fingerprint density at radius 3 is 2.52 bits per heavy atom. The van der Waals surface area contributed by atoms with E-state index in [2.05, 4.69) is 15.6 Å². The van der Waals surface area contributed by atoms with E-state index in [1.807, 2.05) is 12.1 Å². The van der Waals surface area contributed by atoms with Crippen molar-refractivity contribution in [2.75, 3.05) is 26.6 Å². The zero-order valence-corrected chi connectivity index (χ0v) is 17.0. The summed E-state index contributed by atoms with van der Waals surface area (Å²) in [5.74, 6) is 1.12. The fourth-order valence-electron chi connectivity index (χ4n) is 2.72. The number of para-hydroxylation sites is 2. The average molecular weight is 415 g/mol. The van der Waals surface area contributed by atoms with Gasteiger partial charge in [0.05, 0.1) is 21.3 Å².